The fourth-order valence-electron chi connectivity index (χ4n) is 1.57. The average Bonchev–Trinajstić information content (AvgIpc) is 2.20. The molecule has 0 aliphatic carbocycles. The monoisotopic (exact) mass is 210 g/mol. The number of rotatable bonds is 10. The first-order valence-electron chi connectivity index (χ1n) is 6.41. The number of unbranched alkanes of at least 4 members (excludes halogenated alkanes) is 6. The zero-order valence-corrected chi connectivity index (χ0v) is 10.4. The fraction of sp³-hybridized carbons (Fsp3) is 0.786. The van der Waals surface area contributed by atoms with E-state index in [2.05, 4.69) is 19.1 Å². The lowest BCUT2D eigenvalue weighted by Gasteiger charge is -1.96. The molecule has 0 spiro atoms. The Labute approximate surface area is 95.0 Å². The van der Waals surface area contributed by atoms with E-state index in [-0.39, 0.29) is 0 Å². The Morgan fingerprint density at radius 3 is 2.13 bits per heavy atom. The van der Waals surface area contributed by atoms with Crippen molar-refractivity contribution in [1.29, 1.82) is 0 Å². The first-order valence-corrected chi connectivity index (χ1v) is 6.41. The van der Waals surface area contributed by atoms with Gasteiger partial charge in [0.05, 0.1) is 0 Å². The molecule has 0 atom stereocenters. The highest BCUT2D eigenvalue weighted by Crippen LogP contribution is 2.06. The van der Waals surface area contributed by atoms with E-state index in [1.54, 1.807) is 6.92 Å². The van der Waals surface area contributed by atoms with E-state index in [1.165, 1.54) is 38.5 Å². The second-order valence-corrected chi connectivity index (χ2v) is 4.27. The van der Waals surface area contributed by atoms with Crippen LogP contribution in [0.25, 0.3) is 0 Å². The minimum Gasteiger partial charge on any atom is -0.300 e. The van der Waals surface area contributed by atoms with E-state index in [0.29, 0.717) is 5.78 Å². The summed E-state index contributed by atoms with van der Waals surface area (Å²) in [5, 5.41) is 0. The van der Waals surface area contributed by atoms with Gasteiger partial charge in [0, 0.05) is 6.42 Å². The first kappa shape index (κ1) is 14.4. The summed E-state index contributed by atoms with van der Waals surface area (Å²) in [6.45, 7) is 3.91. The largest absolute Gasteiger partial charge is 0.300 e. The number of hydrogen-bond acceptors (Lipinski definition) is 1. The van der Waals surface area contributed by atoms with E-state index >= 15 is 0 Å². The third-order valence-corrected chi connectivity index (χ3v) is 2.54. The molecular weight excluding hydrogens is 184 g/mol. The molecule has 0 radical (unpaired) electrons. The molecule has 0 aromatic rings. The summed E-state index contributed by atoms with van der Waals surface area (Å²) in [5.41, 5.74) is 0. The van der Waals surface area contributed by atoms with Crippen molar-refractivity contribution in [3.63, 3.8) is 0 Å². The summed E-state index contributed by atoms with van der Waals surface area (Å²) in [7, 11) is 0. The van der Waals surface area contributed by atoms with Gasteiger partial charge < -0.3 is 4.79 Å². The second-order valence-electron chi connectivity index (χ2n) is 4.27. The van der Waals surface area contributed by atoms with Crippen molar-refractivity contribution in [3.05, 3.63) is 12.2 Å². The van der Waals surface area contributed by atoms with Crippen molar-refractivity contribution in [2.24, 2.45) is 0 Å². The summed E-state index contributed by atoms with van der Waals surface area (Å²) in [5.74, 6) is 0.308. The first-order chi connectivity index (χ1) is 7.27. The van der Waals surface area contributed by atoms with Crippen LogP contribution in [0.3, 0.4) is 0 Å². The average molecular weight is 210 g/mol. The number of allylic oxidation sites excluding steroid dienone is 2. The van der Waals surface area contributed by atoms with E-state index in [0.717, 1.165) is 19.3 Å². The molecule has 1 nitrogen and oxygen atoms in total. The van der Waals surface area contributed by atoms with Crippen LogP contribution in [0.1, 0.15) is 71.6 Å². The van der Waals surface area contributed by atoms with E-state index in [1.807, 2.05) is 0 Å². The van der Waals surface area contributed by atoms with Crippen molar-refractivity contribution >= 4 is 5.78 Å². The fourth-order valence-corrected chi connectivity index (χ4v) is 1.57. The smallest absolute Gasteiger partial charge is 0.129 e. The van der Waals surface area contributed by atoms with Crippen LogP contribution < -0.4 is 0 Å². The predicted octanol–water partition coefficient (Wildman–Crippen LogP) is 4.66. The summed E-state index contributed by atoms with van der Waals surface area (Å²) in [6.07, 6.45) is 15.3. The quantitative estimate of drug-likeness (QED) is 0.378. The van der Waals surface area contributed by atoms with Gasteiger partial charge in [0.2, 0.25) is 0 Å². The molecule has 0 unspecified atom stereocenters. The van der Waals surface area contributed by atoms with Crippen LogP contribution >= 0.6 is 0 Å². The number of Topliss-reactive ketones (excluding diaryl/α,β-unsaturated/α-hetero) is 1. The molecule has 0 N–H and O–H groups in total. The van der Waals surface area contributed by atoms with Crippen LogP contribution in [0.5, 0.6) is 0 Å². The Balaban J connectivity index is 3.07. The van der Waals surface area contributed by atoms with Crippen LogP contribution in [-0.4, -0.2) is 5.78 Å². The van der Waals surface area contributed by atoms with Gasteiger partial charge in [0.25, 0.3) is 0 Å². The molecule has 0 aromatic heterocycles. The second kappa shape index (κ2) is 11.5. The maximum Gasteiger partial charge on any atom is 0.129 e. The van der Waals surface area contributed by atoms with Gasteiger partial charge in [-0.1, -0.05) is 44.8 Å². The lowest BCUT2D eigenvalue weighted by Crippen LogP contribution is -1.87. The highest BCUT2D eigenvalue weighted by Gasteiger charge is 1.90. The van der Waals surface area contributed by atoms with Gasteiger partial charge in [-0.25, -0.2) is 0 Å². The molecule has 15 heavy (non-hydrogen) atoms. The van der Waals surface area contributed by atoms with Crippen LogP contribution in [0.15, 0.2) is 12.2 Å². The lowest BCUT2D eigenvalue weighted by molar-refractivity contribution is -0.117. The molecule has 0 aromatic carbocycles. The number of carbonyl (C=O) groups is 1. The van der Waals surface area contributed by atoms with Gasteiger partial charge in [-0.3, -0.25) is 0 Å². The van der Waals surface area contributed by atoms with Gasteiger partial charge in [0.15, 0.2) is 0 Å². The molecule has 0 saturated carbocycles. The van der Waals surface area contributed by atoms with E-state index in [9.17, 15) is 4.79 Å². The normalized spacial score (nSPS) is 11.1. The molecular formula is C14H26O. The van der Waals surface area contributed by atoms with Crippen molar-refractivity contribution < 1.29 is 4.79 Å². The molecule has 0 saturated heterocycles. The maximum atomic E-state index is 10.7. The van der Waals surface area contributed by atoms with E-state index < -0.39 is 0 Å². The molecule has 0 heterocycles. The Morgan fingerprint density at radius 1 is 0.933 bits per heavy atom. The zero-order valence-electron chi connectivity index (χ0n) is 10.4. The standard InChI is InChI=1S/C14H26O/c1-3-4-5-6-7-8-9-10-11-12-13-14(2)15/h9-10H,3-8,11-13H2,1-2H3/b10-9-. The van der Waals surface area contributed by atoms with Gasteiger partial charge in [-0.2, -0.15) is 0 Å². The van der Waals surface area contributed by atoms with Crippen molar-refractivity contribution in [2.75, 3.05) is 0 Å². The SMILES string of the molecule is CCCCCCC/C=C\CCCC(C)=O. The minimum atomic E-state index is 0.308. The van der Waals surface area contributed by atoms with Gasteiger partial charge in [0.1, 0.15) is 5.78 Å². The molecule has 0 aliphatic rings. The molecule has 0 rings (SSSR count). The third-order valence-electron chi connectivity index (χ3n) is 2.54. The highest BCUT2D eigenvalue weighted by molar-refractivity contribution is 5.75. The summed E-state index contributed by atoms with van der Waals surface area (Å²) in [6, 6.07) is 0. The number of ketones is 1. The third kappa shape index (κ3) is 13.4. The zero-order chi connectivity index (χ0) is 11.4. The molecule has 88 valence electrons. The van der Waals surface area contributed by atoms with Crippen molar-refractivity contribution in [3.8, 4) is 0 Å². The van der Waals surface area contributed by atoms with Crippen LogP contribution in [-0.2, 0) is 4.79 Å². The lowest BCUT2D eigenvalue weighted by atomic mass is 10.1. The Bertz CT molecular complexity index is 170. The van der Waals surface area contributed by atoms with Gasteiger partial charge >= 0.3 is 0 Å². The molecule has 0 aliphatic heterocycles. The Hall–Kier alpha value is -0.590. The molecule has 1 heteroatoms. The summed E-state index contributed by atoms with van der Waals surface area (Å²) >= 11 is 0. The van der Waals surface area contributed by atoms with Crippen molar-refractivity contribution in [1.82, 2.24) is 0 Å². The molecule has 0 bridgehead atoms. The number of carbonyl (C=O) groups excluding carboxylic acids is 1. The van der Waals surface area contributed by atoms with Crippen LogP contribution in [0.2, 0.25) is 0 Å². The molecule has 0 fully saturated rings. The highest BCUT2D eigenvalue weighted by atomic mass is 16.1. The van der Waals surface area contributed by atoms with E-state index in [4.69, 9.17) is 0 Å². The maximum absolute atomic E-state index is 10.7. The molecule has 0 amide bonds. The Kier molecular flexibility index (Phi) is 11.0. The summed E-state index contributed by atoms with van der Waals surface area (Å²) in [4.78, 5) is 10.7. The minimum absolute atomic E-state index is 0.308. The Morgan fingerprint density at radius 2 is 1.53 bits per heavy atom. The van der Waals surface area contributed by atoms with Crippen LogP contribution in [0.4, 0.5) is 0 Å². The summed E-state index contributed by atoms with van der Waals surface area (Å²) < 4.78 is 0. The predicted molar refractivity (Wildman–Crippen MR) is 67.0 cm³/mol. The van der Waals surface area contributed by atoms with Crippen molar-refractivity contribution in [2.45, 2.75) is 71.6 Å². The van der Waals surface area contributed by atoms with Gasteiger partial charge in [-0.05, 0) is 32.6 Å². The van der Waals surface area contributed by atoms with Gasteiger partial charge in [-0.15, -0.1) is 0 Å². The van der Waals surface area contributed by atoms with Crippen LogP contribution in [0, 0.1) is 0 Å². The number of hydrogen-bond donors (Lipinski definition) is 0. The topological polar surface area (TPSA) is 17.1 Å².